The van der Waals surface area contributed by atoms with Crippen LogP contribution >= 0.6 is 0 Å². The number of rotatable bonds is 8. The highest BCUT2D eigenvalue weighted by Crippen LogP contribution is 2.30. The van der Waals surface area contributed by atoms with Gasteiger partial charge in [0.15, 0.2) is 0 Å². The first kappa shape index (κ1) is 23.7. The summed E-state index contributed by atoms with van der Waals surface area (Å²) in [5, 5.41) is 26.3. The van der Waals surface area contributed by atoms with Crippen molar-refractivity contribution in [3.05, 3.63) is 71.2 Å². The minimum absolute atomic E-state index is 0.124. The van der Waals surface area contributed by atoms with Crippen LogP contribution in [0, 0.1) is 12.8 Å². The van der Waals surface area contributed by atoms with Crippen LogP contribution in [0.15, 0.2) is 46.9 Å². The molecule has 1 aromatic carbocycles. The maximum absolute atomic E-state index is 11.4. The molecule has 186 valence electrons. The van der Waals surface area contributed by atoms with Crippen molar-refractivity contribution in [3.63, 3.8) is 0 Å². The van der Waals surface area contributed by atoms with Gasteiger partial charge in [0.25, 0.3) is 0 Å². The molecule has 1 aliphatic carbocycles. The molecule has 0 aliphatic heterocycles. The zero-order valence-corrected chi connectivity index (χ0v) is 20.3. The molecule has 10 heteroatoms. The Morgan fingerprint density at radius 3 is 2.61 bits per heavy atom. The zero-order valence-electron chi connectivity index (χ0n) is 20.3. The van der Waals surface area contributed by atoms with E-state index in [1.54, 1.807) is 4.68 Å². The Morgan fingerprint density at radius 2 is 1.86 bits per heavy atom. The van der Waals surface area contributed by atoms with E-state index in [1.165, 1.54) is 0 Å². The van der Waals surface area contributed by atoms with E-state index in [-0.39, 0.29) is 12.0 Å². The summed E-state index contributed by atoms with van der Waals surface area (Å²) in [5.41, 5.74) is 3.92. The quantitative estimate of drug-likeness (QED) is 0.394. The van der Waals surface area contributed by atoms with Crippen molar-refractivity contribution in [2.24, 2.45) is 13.0 Å². The molecule has 3 aromatic heterocycles. The Balaban J connectivity index is 1.30. The minimum atomic E-state index is -0.753. The lowest BCUT2D eigenvalue weighted by Crippen LogP contribution is -2.29. The van der Waals surface area contributed by atoms with Gasteiger partial charge in [-0.3, -0.25) is 9.48 Å². The summed E-state index contributed by atoms with van der Waals surface area (Å²) < 4.78 is 13.7. The van der Waals surface area contributed by atoms with Gasteiger partial charge in [0.2, 0.25) is 11.8 Å². The maximum atomic E-state index is 11.4. The van der Waals surface area contributed by atoms with E-state index < -0.39 is 5.97 Å². The molecular weight excluding hydrogens is 460 g/mol. The average molecular weight is 489 g/mol. The topological polar surface area (TPSA) is 129 Å². The van der Waals surface area contributed by atoms with Crippen molar-refractivity contribution in [2.45, 2.75) is 51.6 Å². The number of aromatic nitrogens is 6. The molecule has 3 heterocycles. The van der Waals surface area contributed by atoms with E-state index in [1.807, 2.05) is 56.4 Å². The summed E-state index contributed by atoms with van der Waals surface area (Å²) >= 11 is 0. The van der Waals surface area contributed by atoms with Crippen LogP contribution in [-0.4, -0.2) is 47.4 Å². The molecule has 1 aliphatic rings. The number of hydrogen-bond acceptors (Lipinski definition) is 8. The van der Waals surface area contributed by atoms with Crippen molar-refractivity contribution in [2.75, 3.05) is 0 Å². The van der Waals surface area contributed by atoms with Crippen LogP contribution in [0.5, 0.6) is 5.75 Å². The van der Waals surface area contributed by atoms with Gasteiger partial charge < -0.3 is 14.3 Å². The molecule has 2 atom stereocenters. The maximum Gasteiger partial charge on any atom is 0.306 e. The van der Waals surface area contributed by atoms with Gasteiger partial charge in [-0.25, -0.2) is 4.98 Å². The molecule has 1 N–H and O–H groups in total. The molecule has 5 rings (SSSR count). The molecule has 4 aromatic rings. The van der Waals surface area contributed by atoms with Crippen LogP contribution in [0.3, 0.4) is 0 Å². The van der Waals surface area contributed by atoms with Crippen LogP contribution < -0.4 is 4.74 Å². The number of aryl methyl sites for hydroxylation is 2. The van der Waals surface area contributed by atoms with Gasteiger partial charge in [0.05, 0.1) is 41.9 Å². The number of hydrogen-bond donors (Lipinski definition) is 1. The lowest BCUT2D eigenvalue weighted by Gasteiger charge is -2.27. The van der Waals surface area contributed by atoms with Crippen LogP contribution in [0.25, 0.3) is 11.4 Å². The Morgan fingerprint density at radius 1 is 1.08 bits per heavy atom. The first-order valence-corrected chi connectivity index (χ1v) is 12.1. The molecule has 0 spiro atoms. The fourth-order valence-electron chi connectivity index (χ4n) is 4.58. The Kier molecular flexibility index (Phi) is 6.75. The molecule has 0 radical (unpaired) electrons. The number of benzene rings is 1. The zero-order chi connectivity index (χ0) is 25.1. The van der Waals surface area contributed by atoms with Crippen molar-refractivity contribution in [3.8, 4) is 17.1 Å². The molecule has 0 amide bonds. The van der Waals surface area contributed by atoms with Crippen molar-refractivity contribution < 1.29 is 19.1 Å². The summed E-state index contributed by atoms with van der Waals surface area (Å²) in [6.45, 7) is 1.88. The molecule has 36 heavy (non-hydrogen) atoms. The SMILES string of the molecule is Cc1nc(-c2nnn(C)c2Cc2nnc(Cc3ccccc3)o2)ccc1O[C@H]1CCC[C@H](C(=O)O)C1. The van der Waals surface area contributed by atoms with Crippen molar-refractivity contribution >= 4 is 5.97 Å². The number of ether oxygens (including phenoxy) is 1. The van der Waals surface area contributed by atoms with E-state index in [0.717, 1.165) is 24.1 Å². The highest BCUT2D eigenvalue weighted by atomic mass is 16.5. The van der Waals surface area contributed by atoms with Gasteiger partial charge in [-0.05, 0) is 50.3 Å². The lowest BCUT2D eigenvalue weighted by molar-refractivity contribution is -0.143. The summed E-state index contributed by atoms with van der Waals surface area (Å²) in [6.07, 6.45) is 3.73. The number of carbonyl (C=O) groups is 1. The fourth-order valence-corrected chi connectivity index (χ4v) is 4.58. The van der Waals surface area contributed by atoms with Crippen molar-refractivity contribution in [1.29, 1.82) is 0 Å². The fraction of sp³-hybridized carbons (Fsp3) is 0.385. The predicted molar refractivity (Wildman–Crippen MR) is 129 cm³/mol. The summed E-state index contributed by atoms with van der Waals surface area (Å²) in [4.78, 5) is 16.1. The molecular formula is C26H28N6O4. The van der Waals surface area contributed by atoms with E-state index in [0.29, 0.717) is 60.3 Å². The molecule has 10 nitrogen and oxygen atoms in total. The Bertz CT molecular complexity index is 1350. The molecule has 1 fully saturated rings. The second kappa shape index (κ2) is 10.3. The smallest absolute Gasteiger partial charge is 0.306 e. The standard InChI is InChI=1S/C26H28N6O4/c1-16-22(35-19-10-6-9-18(14-19)26(33)34)12-11-20(27-16)25-21(32(2)31-30-25)15-24-29-28-23(36-24)13-17-7-4-3-5-8-17/h3-5,7-8,11-12,18-19H,6,9-10,13-15H2,1-2H3,(H,33,34)/t18-,19-/m0/s1. The highest BCUT2D eigenvalue weighted by molar-refractivity contribution is 5.70. The van der Waals surface area contributed by atoms with Gasteiger partial charge in [-0.1, -0.05) is 35.5 Å². The van der Waals surface area contributed by atoms with E-state index in [9.17, 15) is 9.90 Å². The van der Waals surface area contributed by atoms with Crippen LogP contribution in [0.2, 0.25) is 0 Å². The lowest BCUT2D eigenvalue weighted by atomic mass is 9.87. The van der Waals surface area contributed by atoms with Gasteiger partial charge in [0, 0.05) is 7.05 Å². The highest BCUT2D eigenvalue weighted by Gasteiger charge is 2.28. The third kappa shape index (κ3) is 5.27. The summed E-state index contributed by atoms with van der Waals surface area (Å²) in [6, 6.07) is 13.7. The minimum Gasteiger partial charge on any atom is -0.489 e. The molecule has 0 unspecified atom stereocenters. The van der Waals surface area contributed by atoms with Gasteiger partial charge in [-0.15, -0.1) is 15.3 Å². The van der Waals surface area contributed by atoms with Gasteiger partial charge in [0.1, 0.15) is 11.4 Å². The Labute approximate surface area is 208 Å². The van der Waals surface area contributed by atoms with Gasteiger partial charge >= 0.3 is 5.97 Å². The number of pyridine rings is 1. The molecule has 0 saturated heterocycles. The monoisotopic (exact) mass is 488 g/mol. The third-order valence-corrected chi connectivity index (χ3v) is 6.52. The van der Waals surface area contributed by atoms with Gasteiger partial charge in [-0.2, -0.15) is 0 Å². The third-order valence-electron chi connectivity index (χ3n) is 6.52. The van der Waals surface area contributed by atoms with Crippen LogP contribution in [0.1, 0.15) is 54.4 Å². The van der Waals surface area contributed by atoms with E-state index >= 15 is 0 Å². The largest absolute Gasteiger partial charge is 0.489 e. The molecule has 0 bridgehead atoms. The van der Waals surface area contributed by atoms with E-state index in [4.69, 9.17) is 14.1 Å². The van der Waals surface area contributed by atoms with Crippen LogP contribution in [0.4, 0.5) is 0 Å². The van der Waals surface area contributed by atoms with Crippen LogP contribution in [-0.2, 0) is 24.7 Å². The number of carboxylic acid groups (broad SMARTS) is 1. The second-order valence-corrected chi connectivity index (χ2v) is 9.16. The number of nitrogens with zero attached hydrogens (tertiary/aromatic N) is 6. The second-order valence-electron chi connectivity index (χ2n) is 9.16. The first-order valence-electron chi connectivity index (χ1n) is 12.1. The first-order chi connectivity index (χ1) is 17.5. The summed E-state index contributed by atoms with van der Waals surface area (Å²) in [7, 11) is 1.82. The Hall–Kier alpha value is -4.08. The van der Waals surface area contributed by atoms with Crippen molar-refractivity contribution in [1.82, 2.24) is 30.2 Å². The average Bonchev–Trinajstić information content (AvgIpc) is 3.47. The number of carboxylic acids is 1. The summed E-state index contributed by atoms with van der Waals surface area (Å²) in [5.74, 6) is 0.585. The molecule has 1 saturated carbocycles. The number of aliphatic carboxylic acids is 1. The van der Waals surface area contributed by atoms with E-state index in [2.05, 4.69) is 20.5 Å². The predicted octanol–water partition coefficient (Wildman–Crippen LogP) is 3.77. The normalized spacial score (nSPS) is 17.7.